The first-order valence-electron chi connectivity index (χ1n) is 4.78. The van der Waals surface area contributed by atoms with Crippen molar-refractivity contribution >= 4 is 5.91 Å². The number of rotatable bonds is 4. The molecule has 0 aromatic carbocycles. The van der Waals surface area contributed by atoms with E-state index in [2.05, 4.69) is 11.2 Å². The van der Waals surface area contributed by atoms with Crippen LogP contribution in [0.25, 0.3) is 0 Å². The molecule has 0 aromatic heterocycles. The Morgan fingerprint density at radius 2 is 2.07 bits per heavy atom. The molecule has 3 nitrogen and oxygen atoms in total. The number of carbonyl (C=O) groups excluding carboxylic acids is 1. The average Bonchev–Trinajstić information content (AvgIpc) is 2.02. The van der Waals surface area contributed by atoms with Crippen molar-refractivity contribution in [2.45, 2.75) is 20.8 Å². The summed E-state index contributed by atoms with van der Waals surface area (Å²) in [6.07, 6.45) is 5.15. The number of terminal acetylenes is 1. The summed E-state index contributed by atoms with van der Waals surface area (Å²) in [6.45, 7) is 7.74. The van der Waals surface area contributed by atoms with E-state index < -0.39 is 0 Å². The Morgan fingerprint density at radius 3 is 2.50 bits per heavy atom. The third-order valence-electron chi connectivity index (χ3n) is 1.82. The summed E-state index contributed by atoms with van der Waals surface area (Å²) in [6, 6.07) is 0. The minimum absolute atomic E-state index is 0.0756. The summed E-state index contributed by atoms with van der Waals surface area (Å²) < 4.78 is 0. The van der Waals surface area contributed by atoms with Crippen LogP contribution in [0.2, 0.25) is 0 Å². The van der Waals surface area contributed by atoms with Gasteiger partial charge in [-0.15, -0.1) is 6.42 Å². The Morgan fingerprint density at radius 1 is 1.50 bits per heavy atom. The Balaban J connectivity index is 3.66. The van der Waals surface area contributed by atoms with Crippen molar-refractivity contribution in [3.05, 3.63) is 0 Å². The highest BCUT2D eigenvalue weighted by Gasteiger charge is 2.20. The standard InChI is InChI=1S/C11H20N2O/c1-6-8-13(5)9-7-12-10(14)11(2,3)4/h1H,7-9H2,2-5H3,(H,12,14). The number of amides is 1. The van der Waals surface area contributed by atoms with E-state index in [4.69, 9.17) is 6.42 Å². The number of likely N-dealkylation sites (N-methyl/N-ethyl adjacent to an activating group) is 1. The molecule has 0 rings (SSSR count). The van der Waals surface area contributed by atoms with Gasteiger partial charge in [0.2, 0.25) is 5.91 Å². The lowest BCUT2D eigenvalue weighted by molar-refractivity contribution is -0.128. The molecule has 1 amide bonds. The van der Waals surface area contributed by atoms with Gasteiger partial charge in [0.1, 0.15) is 0 Å². The van der Waals surface area contributed by atoms with Crippen molar-refractivity contribution in [1.29, 1.82) is 0 Å². The summed E-state index contributed by atoms with van der Waals surface area (Å²) in [7, 11) is 1.93. The summed E-state index contributed by atoms with van der Waals surface area (Å²) in [5.41, 5.74) is -0.315. The first-order valence-corrected chi connectivity index (χ1v) is 4.78. The Labute approximate surface area is 86.9 Å². The normalized spacial score (nSPS) is 11.1. The van der Waals surface area contributed by atoms with Gasteiger partial charge in [-0.2, -0.15) is 0 Å². The molecule has 0 saturated carbocycles. The molecule has 0 heterocycles. The largest absolute Gasteiger partial charge is 0.354 e. The van der Waals surface area contributed by atoms with Crippen LogP contribution < -0.4 is 5.32 Å². The molecule has 0 fully saturated rings. The monoisotopic (exact) mass is 196 g/mol. The highest BCUT2D eigenvalue weighted by atomic mass is 16.2. The molecule has 0 atom stereocenters. The number of nitrogens with one attached hydrogen (secondary N) is 1. The number of hydrogen-bond donors (Lipinski definition) is 1. The van der Waals surface area contributed by atoms with Crippen LogP contribution in [0.3, 0.4) is 0 Å². The van der Waals surface area contributed by atoms with Crippen molar-refractivity contribution < 1.29 is 4.79 Å². The molecule has 3 heteroatoms. The molecular formula is C11H20N2O. The van der Waals surface area contributed by atoms with E-state index in [9.17, 15) is 4.79 Å². The van der Waals surface area contributed by atoms with E-state index in [0.717, 1.165) is 6.54 Å². The quantitative estimate of drug-likeness (QED) is 0.672. The van der Waals surface area contributed by atoms with Crippen LogP contribution >= 0.6 is 0 Å². The minimum atomic E-state index is -0.315. The zero-order valence-electron chi connectivity index (χ0n) is 9.55. The van der Waals surface area contributed by atoms with Gasteiger partial charge in [0.05, 0.1) is 6.54 Å². The van der Waals surface area contributed by atoms with Gasteiger partial charge in [-0.25, -0.2) is 0 Å². The summed E-state index contributed by atoms with van der Waals surface area (Å²) in [5.74, 6) is 2.62. The van der Waals surface area contributed by atoms with E-state index >= 15 is 0 Å². The van der Waals surface area contributed by atoms with Gasteiger partial charge in [-0.05, 0) is 7.05 Å². The molecule has 0 aliphatic heterocycles. The summed E-state index contributed by atoms with van der Waals surface area (Å²) in [5, 5.41) is 2.86. The van der Waals surface area contributed by atoms with Crippen LogP contribution in [-0.4, -0.2) is 37.5 Å². The van der Waals surface area contributed by atoms with Crippen LogP contribution in [0.5, 0.6) is 0 Å². The maximum atomic E-state index is 11.4. The first kappa shape index (κ1) is 13.0. The van der Waals surface area contributed by atoms with E-state index in [1.54, 1.807) is 0 Å². The van der Waals surface area contributed by atoms with Gasteiger partial charge in [-0.1, -0.05) is 26.7 Å². The third kappa shape index (κ3) is 5.60. The first-order chi connectivity index (χ1) is 6.38. The molecule has 1 N–H and O–H groups in total. The van der Waals surface area contributed by atoms with Gasteiger partial charge in [-0.3, -0.25) is 9.69 Å². The highest BCUT2D eigenvalue weighted by Crippen LogP contribution is 2.11. The second-order valence-electron chi connectivity index (χ2n) is 4.45. The van der Waals surface area contributed by atoms with Gasteiger partial charge < -0.3 is 5.32 Å². The molecule has 0 aliphatic carbocycles. The fraction of sp³-hybridized carbons (Fsp3) is 0.727. The van der Waals surface area contributed by atoms with Crippen molar-refractivity contribution in [2.75, 3.05) is 26.7 Å². The second kappa shape index (κ2) is 5.66. The van der Waals surface area contributed by atoms with Gasteiger partial charge >= 0.3 is 0 Å². The van der Waals surface area contributed by atoms with Gasteiger partial charge in [0, 0.05) is 18.5 Å². The van der Waals surface area contributed by atoms with Gasteiger partial charge in [0.25, 0.3) is 0 Å². The molecule has 0 radical (unpaired) electrons. The molecule has 0 bridgehead atoms. The van der Waals surface area contributed by atoms with Gasteiger partial charge in [0.15, 0.2) is 0 Å². The molecule has 0 unspecified atom stereocenters. The van der Waals surface area contributed by atoms with Crippen molar-refractivity contribution in [3.63, 3.8) is 0 Å². The Bertz CT molecular complexity index is 222. The lowest BCUT2D eigenvalue weighted by atomic mass is 9.96. The van der Waals surface area contributed by atoms with E-state index in [0.29, 0.717) is 13.1 Å². The van der Waals surface area contributed by atoms with E-state index in [-0.39, 0.29) is 11.3 Å². The molecule has 14 heavy (non-hydrogen) atoms. The fourth-order valence-corrected chi connectivity index (χ4v) is 0.860. The van der Waals surface area contributed by atoms with Crippen LogP contribution in [0, 0.1) is 17.8 Å². The van der Waals surface area contributed by atoms with E-state index in [1.165, 1.54) is 0 Å². The molecule has 0 spiro atoms. The lowest BCUT2D eigenvalue weighted by Gasteiger charge is -2.19. The fourth-order valence-electron chi connectivity index (χ4n) is 0.860. The second-order valence-corrected chi connectivity index (χ2v) is 4.45. The van der Waals surface area contributed by atoms with Crippen molar-refractivity contribution in [2.24, 2.45) is 5.41 Å². The molecule has 0 aliphatic rings. The zero-order chi connectivity index (χ0) is 11.2. The van der Waals surface area contributed by atoms with E-state index in [1.807, 2.05) is 32.7 Å². The van der Waals surface area contributed by atoms with Crippen LogP contribution in [0.15, 0.2) is 0 Å². The maximum absolute atomic E-state index is 11.4. The smallest absolute Gasteiger partial charge is 0.225 e. The SMILES string of the molecule is C#CCN(C)CCNC(=O)C(C)(C)C. The van der Waals surface area contributed by atoms with Crippen LogP contribution in [0.4, 0.5) is 0 Å². The minimum Gasteiger partial charge on any atom is -0.354 e. The molecule has 0 aromatic rings. The predicted octanol–water partition coefficient (Wildman–Crippen LogP) is 0.714. The summed E-state index contributed by atoms with van der Waals surface area (Å²) >= 11 is 0. The number of hydrogen-bond acceptors (Lipinski definition) is 2. The Kier molecular flexibility index (Phi) is 5.26. The lowest BCUT2D eigenvalue weighted by Crippen LogP contribution is -2.39. The topological polar surface area (TPSA) is 32.3 Å². The van der Waals surface area contributed by atoms with Crippen molar-refractivity contribution in [3.8, 4) is 12.3 Å². The predicted molar refractivity (Wildman–Crippen MR) is 58.8 cm³/mol. The third-order valence-corrected chi connectivity index (χ3v) is 1.82. The van der Waals surface area contributed by atoms with Crippen LogP contribution in [-0.2, 0) is 4.79 Å². The average molecular weight is 196 g/mol. The molecule has 80 valence electrons. The van der Waals surface area contributed by atoms with Crippen molar-refractivity contribution in [1.82, 2.24) is 10.2 Å². The Hall–Kier alpha value is -1.01. The number of nitrogens with zero attached hydrogens (tertiary/aromatic N) is 1. The maximum Gasteiger partial charge on any atom is 0.225 e. The zero-order valence-corrected chi connectivity index (χ0v) is 9.55. The molecule has 0 saturated heterocycles. The van der Waals surface area contributed by atoms with Crippen LogP contribution in [0.1, 0.15) is 20.8 Å². The highest BCUT2D eigenvalue weighted by molar-refractivity contribution is 5.81. The number of carbonyl (C=O) groups is 1. The summed E-state index contributed by atoms with van der Waals surface area (Å²) in [4.78, 5) is 13.4. The molecular weight excluding hydrogens is 176 g/mol.